The van der Waals surface area contributed by atoms with Crippen LogP contribution in [0.3, 0.4) is 0 Å². The zero-order chi connectivity index (χ0) is 25.3. The van der Waals surface area contributed by atoms with Gasteiger partial charge in [-0.2, -0.15) is 13.2 Å². The van der Waals surface area contributed by atoms with E-state index in [0.29, 0.717) is 70.4 Å². The highest BCUT2D eigenvalue weighted by atomic mass is 19.4. The Balaban J connectivity index is 1.30. The maximum absolute atomic E-state index is 13.5. The second-order valence-corrected chi connectivity index (χ2v) is 9.03. The average Bonchev–Trinajstić information content (AvgIpc) is 3.36. The molecule has 2 saturated heterocycles. The molecule has 36 heavy (non-hydrogen) atoms. The van der Waals surface area contributed by atoms with E-state index in [4.69, 9.17) is 9.47 Å². The van der Waals surface area contributed by atoms with Gasteiger partial charge >= 0.3 is 12.2 Å². The number of likely N-dealkylation sites (tertiary alicyclic amines) is 1. The number of carbonyl (C=O) groups excluding carboxylic acids is 1. The first kappa shape index (κ1) is 24.3. The number of amides is 2. The van der Waals surface area contributed by atoms with Crippen molar-refractivity contribution in [1.29, 1.82) is 0 Å². The first-order valence-electron chi connectivity index (χ1n) is 11.9. The lowest BCUT2D eigenvalue weighted by Crippen LogP contribution is -2.47. The van der Waals surface area contributed by atoms with Crippen molar-refractivity contribution in [2.75, 3.05) is 63.3 Å². The van der Waals surface area contributed by atoms with Gasteiger partial charge in [0.2, 0.25) is 5.88 Å². The van der Waals surface area contributed by atoms with Crippen molar-refractivity contribution in [2.45, 2.75) is 31.6 Å². The van der Waals surface area contributed by atoms with Crippen molar-refractivity contribution in [1.82, 2.24) is 24.8 Å². The van der Waals surface area contributed by atoms with Gasteiger partial charge in [0.15, 0.2) is 0 Å². The molecule has 0 bridgehead atoms. The molecule has 0 radical (unpaired) electrons. The highest BCUT2D eigenvalue weighted by Crippen LogP contribution is 2.38. The summed E-state index contributed by atoms with van der Waals surface area (Å²) < 4.78 is 50.7. The number of ether oxygens (including phenoxy) is 2. The van der Waals surface area contributed by atoms with Crippen molar-refractivity contribution in [3.8, 4) is 5.88 Å². The van der Waals surface area contributed by atoms with Gasteiger partial charge in [-0.1, -0.05) is 0 Å². The van der Waals surface area contributed by atoms with E-state index in [2.05, 4.69) is 20.3 Å². The number of rotatable bonds is 4. The Bertz CT molecular complexity index is 1110. The number of nitrogens with zero attached hydrogens (tertiary/aromatic N) is 6. The molecule has 1 atom stereocenters. The SMILES string of the molecule is COc1ncc(N2CCc3ncnc(N[C@H]4CCN(C(=O)N5CCOCC5)C4)c3C2)cc1C(F)(F)F. The van der Waals surface area contributed by atoms with Gasteiger partial charge in [0, 0.05) is 57.3 Å². The van der Waals surface area contributed by atoms with E-state index in [1.54, 1.807) is 0 Å². The fourth-order valence-electron chi connectivity index (χ4n) is 4.87. The number of morpholine rings is 1. The van der Waals surface area contributed by atoms with Gasteiger partial charge in [0.25, 0.3) is 0 Å². The molecule has 2 aromatic heterocycles. The Kier molecular flexibility index (Phi) is 6.73. The van der Waals surface area contributed by atoms with E-state index in [0.717, 1.165) is 23.7 Å². The highest BCUT2D eigenvalue weighted by Gasteiger charge is 2.36. The zero-order valence-corrected chi connectivity index (χ0v) is 19.9. The van der Waals surface area contributed by atoms with Crippen LogP contribution in [-0.4, -0.2) is 89.9 Å². The molecule has 2 aromatic rings. The third kappa shape index (κ3) is 4.97. The first-order chi connectivity index (χ1) is 17.3. The molecule has 0 unspecified atom stereocenters. The Morgan fingerprint density at radius 1 is 1.14 bits per heavy atom. The number of nitrogens with one attached hydrogen (secondary N) is 1. The highest BCUT2D eigenvalue weighted by molar-refractivity contribution is 5.75. The lowest BCUT2D eigenvalue weighted by molar-refractivity contribution is -0.139. The minimum Gasteiger partial charge on any atom is -0.481 e. The van der Waals surface area contributed by atoms with Gasteiger partial charge in [0.1, 0.15) is 17.7 Å². The van der Waals surface area contributed by atoms with Crippen molar-refractivity contribution in [3.05, 3.63) is 35.4 Å². The smallest absolute Gasteiger partial charge is 0.421 e. The lowest BCUT2D eigenvalue weighted by atomic mass is 10.0. The number of carbonyl (C=O) groups is 1. The van der Waals surface area contributed by atoms with E-state index in [-0.39, 0.29) is 12.1 Å². The molecule has 10 nitrogen and oxygen atoms in total. The van der Waals surface area contributed by atoms with Gasteiger partial charge in [-0.25, -0.2) is 19.7 Å². The fraction of sp³-hybridized carbons (Fsp3) is 0.565. The van der Waals surface area contributed by atoms with Crippen LogP contribution < -0.4 is 15.0 Å². The second kappa shape index (κ2) is 9.96. The molecule has 13 heteroatoms. The fourth-order valence-corrected chi connectivity index (χ4v) is 4.87. The number of methoxy groups -OCH3 is 1. The molecule has 1 N–H and O–H groups in total. The quantitative estimate of drug-likeness (QED) is 0.674. The van der Waals surface area contributed by atoms with Crippen LogP contribution in [0.1, 0.15) is 23.2 Å². The van der Waals surface area contributed by atoms with E-state index in [1.807, 2.05) is 14.7 Å². The van der Waals surface area contributed by atoms with E-state index in [1.165, 1.54) is 19.6 Å². The Hall–Kier alpha value is -3.35. The topological polar surface area (TPSA) is 95.9 Å². The maximum atomic E-state index is 13.5. The number of anilines is 2. The van der Waals surface area contributed by atoms with Crippen LogP contribution in [0.15, 0.2) is 18.6 Å². The molecular weight excluding hydrogens is 479 g/mol. The van der Waals surface area contributed by atoms with Crippen LogP contribution in [0.2, 0.25) is 0 Å². The van der Waals surface area contributed by atoms with Crippen LogP contribution in [-0.2, 0) is 23.9 Å². The van der Waals surface area contributed by atoms with Crippen molar-refractivity contribution < 1.29 is 27.4 Å². The van der Waals surface area contributed by atoms with E-state index < -0.39 is 17.6 Å². The minimum atomic E-state index is -4.58. The number of fused-ring (bicyclic) bond motifs is 1. The predicted molar refractivity (Wildman–Crippen MR) is 124 cm³/mol. The number of pyridine rings is 1. The Morgan fingerprint density at radius 2 is 1.94 bits per heavy atom. The van der Waals surface area contributed by atoms with Crippen LogP contribution in [0, 0.1) is 0 Å². The molecule has 2 fully saturated rings. The van der Waals surface area contributed by atoms with Crippen LogP contribution >= 0.6 is 0 Å². The summed E-state index contributed by atoms with van der Waals surface area (Å²) in [5.41, 5.74) is 1.14. The summed E-state index contributed by atoms with van der Waals surface area (Å²) in [6.45, 7) is 4.34. The minimum absolute atomic E-state index is 0.0175. The van der Waals surface area contributed by atoms with Gasteiger partial charge in [0.05, 0.1) is 37.9 Å². The molecule has 0 spiro atoms. The molecule has 2 amide bonds. The van der Waals surface area contributed by atoms with Crippen molar-refractivity contribution in [3.63, 3.8) is 0 Å². The molecule has 5 rings (SSSR count). The summed E-state index contributed by atoms with van der Waals surface area (Å²) in [6.07, 6.45) is -0.353. The van der Waals surface area contributed by atoms with Crippen molar-refractivity contribution >= 4 is 17.5 Å². The van der Waals surface area contributed by atoms with Gasteiger partial charge in [-0.15, -0.1) is 0 Å². The maximum Gasteiger partial charge on any atom is 0.421 e. The summed E-state index contributed by atoms with van der Waals surface area (Å²) in [4.78, 5) is 31.0. The summed E-state index contributed by atoms with van der Waals surface area (Å²) in [5, 5.41) is 3.45. The van der Waals surface area contributed by atoms with Crippen LogP contribution in [0.4, 0.5) is 29.5 Å². The number of urea groups is 1. The number of alkyl halides is 3. The van der Waals surface area contributed by atoms with Gasteiger partial charge < -0.3 is 29.5 Å². The molecule has 0 aliphatic carbocycles. The zero-order valence-electron chi connectivity index (χ0n) is 19.9. The summed E-state index contributed by atoms with van der Waals surface area (Å²) >= 11 is 0. The summed E-state index contributed by atoms with van der Waals surface area (Å²) in [7, 11) is 1.17. The summed E-state index contributed by atoms with van der Waals surface area (Å²) in [5.74, 6) is 0.194. The molecule has 0 aromatic carbocycles. The second-order valence-electron chi connectivity index (χ2n) is 9.03. The lowest BCUT2D eigenvalue weighted by Gasteiger charge is -2.32. The number of halogens is 3. The number of aromatic nitrogens is 3. The van der Waals surface area contributed by atoms with Gasteiger partial charge in [-0.05, 0) is 12.5 Å². The first-order valence-corrected chi connectivity index (χ1v) is 11.9. The van der Waals surface area contributed by atoms with E-state index >= 15 is 0 Å². The molecule has 3 aliphatic rings. The van der Waals surface area contributed by atoms with Crippen LogP contribution in [0.25, 0.3) is 0 Å². The molecule has 0 saturated carbocycles. The molecular formula is C23H28F3N7O3. The number of hydrogen-bond donors (Lipinski definition) is 1. The molecule has 194 valence electrons. The average molecular weight is 508 g/mol. The molecule has 5 heterocycles. The Labute approximate surface area is 206 Å². The van der Waals surface area contributed by atoms with E-state index in [9.17, 15) is 18.0 Å². The Morgan fingerprint density at radius 3 is 2.69 bits per heavy atom. The van der Waals surface area contributed by atoms with Gasteiger partial charge in [-0.3, -0.25) is 0 Å². The third-order valence-corrected chi connectivity index (χ3v) is 6.78. The number of hydrogen-bond acceptors (Lipinski definition) is 8. The monoisotopic (exact) mass is 507 g/mol. The summed E-state index contributed by atoms with van der Waals surface area (Å²) in [6, 6.07) is 1.11. The third-order valence-electron chi connectivity index (χ3n) is 6.78. The normalized spacial score (nSPS) is 20.3. The standard InChI is InChI=1S/C23H28F3N7O3/c1-35-21-18(23(24,25)26)10-16(11-27-21)32-5-3-19-17(13-32)20(29-14-28-19)30-15-2-4-33(12-15)22(34)31-6-8-36-9-7-31/h10-11,14-15H,2-9,12-13H2,1H3,(H,28,29,30)/t15-/m0/s1. The van der Waals surface area contributed by atoms with Crippen molar-refractivity contribution in [2.24, 2.45) is 0 Å². The van der Waals surface area contributed by atoms with Crippen LogP contribution in [0.5, 0.6) is 5.88 Å². The predicted octanol–water partition coefficient (Wildman–Crippen LogP) is 2.40. The molecule has 3 aliphatic heterocycles. The largest absolute Gasteiger partial charge is 0.481 e.